The minimum absolute atomic E-state index is 0.593. The summed E-state index contributed by atoms with van der Waals surface area (Å²) in [6.45, 7) is 1.75. The van der Waals surface area contributed by atoms with E-state index in [4.69, 9.17) is 16.8 Å². The molecule has 3 heteroatoms. The van der Waals surface area contributed by atoms with Crippen molar-refractivity contribution in [3.63, 3.8) is 0 Å². The highest BCUT2D eigenvalue weighted by Crippen LogP contribution is 2.15. The summed E-state index contributed by atoms with van der Waals surface area (Å²) in [6, 6.07) is 7.52. The van der Waals surface area contributed by atoms with Gasteiger partial charge in [-0.15, -0.1) is 0 Å². The third-order valence-corrected chi connectivity index (χ3v) is 1.94. The van der Waals surface area contributed by atoms with Crippen molar-refractivity contribution >= 4 is 17.3 Å². The van der Waals surface area contributed by atoms with E-state index in [-0.39, 0.29) is 0 Å². The molecular formula is C9H10ClNO. The van der Waals surface area contributed by atoms with Gasteiger partial charge in [0.15, 0.2) is 0 Å². The Morgan fingerprint density at radius 1 is 1.50 bits per heavy atom. The van der Waals surface area contributed by atoms with Crippen LogP contribution in [0.4, 0.5) is 0 Å². The molecule has 1 aromatic rings. The molecule has 0 aromatic heterocycles. The fraction of sp³-hybridized carbons (Fsp3) is 0.222. The van der Waals surface area contributed by atoms with Crippen molar-refractivity contribution in [3.8, 4) is 0 Å². The molecule has 0 aliphatic rings. The molecule has 0 bridgehead atoms. The van der Waals surface area contributed by atoms with Crippen LogP contribution in [0.2, 0.25) is 5.02 Å². The van der Waals surface area contributed by atoms with Gasteiger partial charge in [0.2, 0.25) is 0 Å². The fourth-order valence-electron chi connectivity index (χ4n) is 0.953. The molecule has 0 amide bonds. The first-order valence-electron chi connectivity index (χ1n) is 3.65. The second-order valence-corrected chi connectivity index (χ2v) is 3.01. The van der Waals surface area contributed by atoms with Crippen LogP contribution in [0.25, 0.3) is 0 Å². The summed E-state index contributed by atoms with van der Waals surface area (Å²) in [6.07, 6.45) is 0.593. The maximum absolute atomic E-state index is 8.43. The average molecular weight is 184 g/mol. The van der Waals surface area contributed by atoms with Crippen molar-refractivity contribution in [2.45, 2.75) is 13.3 Å². The van der Waals surface area contributed by atoms with Gasteiger partial charge in [0.25, 0.3) is 0 Å². The van der Waals surface area contributed by atoms with Crippen LogP contribution >= 0.6 is 11.6 Å². The van der Waals surface area contributed by atoms with Gasteiger partial charge in [-0.2, -0.15) is 0 Å². The van der Waals surface area contributed by atoms with Gasteiger partial charge in [0, 0.05) is 11.4 Å². The minimum Gasteiger partial charge on any atom is -0.411 e. The van der Waals surface area contributed by atoms with Gasteiger partial charge in [0.1, 0.15) is 0 Å². The van der Waals surface area contributed by atoms with E-state index >= 15 is 0 Å². The minimum atomic E-state index is 0.593. The van der Waals surface area contributed by atoms with E-state index in [1.807, 2.05) is 24.3 Å². The SMILES string of the molecule is C/C(Cc1ccccc1Cl)=N\O. The third kappa shape index (κ3) is 2.24. The summed E-state index contributed by atoms with van der Waals surface area (Å²) >= 11 is 5.89. The van der Waals surface area contributed by atoms with Crippen molar-refractivity contribution < 1.29 is 5.21 Å². The van der Waals surface area contributed by atoms with Crippen LogP contribution in [0.15, 0.2) is 29.4 Å². The van der Waals surface area contributed by atoms with Gasteiger partial charge in [-0.3, -0.25) is 0 Å². The molecule has 0 atom stereocenters. The first kappa shape index (κ1) is 9.07. The molecule has 0 saturated carbocycles. The van der Waals surface area contributed by atoms with Crippen molar-refractivity contribution in [2.24, 2.45) is 5.16 Å². The standard InChI is InChI=1S/C9H10ClNO/c1-7(11-12)6-8-4-2-3-5-9(8)10/h2-5,12H,6H2,1H3/b11-7+. The molecule has 2 nitrogen and oxygen atoms in total. The molecule has 12 heavy (non-hydrogen) atoms. The second-order valence-electron chi connectivity index (χ2n) is 2.60. The van der Waals surface area contributed by atoms with E-state index in [1.54, 1.807) is 6.92 Å². The van der Waals surface area contributed by atoms with E-state index in [0.717, 1.165) is 5.56 Å². The highest BCUT2D eigenvalue weighted by Gasteiger charge is 2.00. The van der Waals surface area contributed by atoms with Crippen molar-refractivity contribution in [1.82, 2.24) is 0 Å². The molecular weight excluding hydrogens is 174 g/mol. The van der Waals surface area contributed by atoms with Crippen molar-refractivity contribution in [1.29, 1.82) is 0 Å². The maximum Gasteiger partial charge on any atom is 0.0584 e. The molecule has 0 aliphatic carbocycles. The first-order chi connectivity index (χ1) is 5.74. The molecule has 0 fully saturated rings. The van der Waals surface area contributed by atoms with E-state index in [9.17, 15) is 0 Å². The Morgan fingerprint density at radius 3 is 2.75 bits per heavy atom. The second kappa shape index (κ2) is 4.12. The van der Waals surface area contributed by atoms with Crippen LogP contribution in [0.1, 0.15) is 12.5 Å². The molecule has 0 unspecified atom stereocenters. The van der Waals surface area contributed by atoms with Crippen molar-refractivity contribution in [3.05, 3.63) is 34.9 Å². The van der Waals surface area contributed by atoms with Gasteiger partial charge < -0.3 is 5.21 Å². The summed E-state index contributed by atoms with van der Waals surface area (Å²) < 4.78 is 0. The Hall–Kier alpha value is -1.02. The molecule has 1 aromatic carbocycles. The van der Waals surface area contributed by atoms with Gasteiger partial charge in [0.05, 0.1) is 5.71 Å². The number of halogens is 1. The zero-order valence-corrected chi connectivity index (χ0v) is 7.54. The number of rotatable bonds is 2. The van der Waals surface area contributed by atoms with Gasteiger partial charge >= 0.3 is 0 Å². The Bertz CT molecular complexity index is 296. The van der Waals surface area contributed by atoms with E-state index in [1.165, 1.54) is 0 Å². The molecule has 1 rings (SSSR count). The molecule has 1 N–H and O–H groups in total. The van der Waals surface area contributed by atoms with Crippen LogP contribution < -0.4 is 0 Å². The highest BCUT2D eigenvalue weighted by molar-refractivity contribution is 6.31. The summed E-state index contributed by atoms with van der Waals surface area (Å²) in [4.78, 5) is 0. The molecule has 0 spiro atoms. The van der Waals surface area contributed by atoms with Crippen LogP contribution in [0.3, 0.4) is 0 Å². The van der Waals surface area contributed by atoms with Gasteiger partial charge in [-0.05, 0) is 18.6 Å². The lowest BCUT2D eigenvalue weighted by Crippen LogP contribution is -1.97. The van der Waals surface area contributed by atoms with E-state index in [2.05, 4.69) is 5.16 Å². The number of hydrogen-bond acceptors (Lipinski definition) is 2. The Morgan fingerprint density at radius 2 is 2.17 bits per heavy atom. The summed E-state index contributed by atoms with van der Waals surface area (Å²) in [5.41, 5.74) is 1.64. The highest BCUT2D eigenvalue weighted by atomic mass is 35.5. The Balaban J connectivity index is 2.82. The normalized spacial score (nSPS) is 11.7. The maximum atomic E-state index is 8.43. The Kier molecular flexibility index (Phi) is 3.11. The predicted molar refractivity (Wildman–Crippen MR) is 50.1 cm³/mol. The third-order valence-electron chi connectivity index (χ3n) is 1.57. The molecule has 64 valence electrons. The summed E-state index contributed by atoms with van der Waals surface area (Å²) in [5, 5.41) is 12.2. The quantitative estimate of drug-likeness (QED) is 0.427. The van der Waals surface area contributed by atoms with Crippen LogP contribution in [0, 0.1) is 0 Å². The number of oxime groups is 1. The van der Waals surface area contributed by atoms with Crippen LogP contribution in [-0.4, -0.2) is 10.9 Å². The Labute approximate surface area is 76.5 Å². The lowest BCUT2D eigenvalue weighted by atomic mass is 10.1. The first-order valence-corrected chi connectivity index (χ1v) is 4.03. The largest absolute Gasteiger partial charge is 0.411 e. The van der Waals surface area contributed by atoms with Crippen molar-refractivity contribution in [2.75, 3.05) is 0 Å². The smallest absolute Gasteiger partial charge is 0.0584 e. The molecule has 0 saturated heterocycles. The predicted octanol–water partition coefficient (Wildman–Crippen LogP) is 2.73. The fourth-order valence-corrected chi connectivity index (χ4v) is 1.16. The van der Waals surface area contributed by atoms with Crippen LogP contribution in [0.5, 0.6) is 0 Å². The zero-order chi connectivity index (χ0) is 8.97. The molecule has 0 aliphatic heterocycles. The lowest BCUT2D eigenvalue weighted by molar-refractivity contribution is 0.317. The van der Waals surface area contributed by atoms with Crippen LogP contribution in [-0.2, 0) is 6.42 Å². The van der Waals surface area contributed by atoms with E-state index < -0.39 is 0 Å². The van der Waals surface area contributed by atoms with Gasteiger partial charge in [-0.25, -0.2) is 0 Å². The average Bonchev–Trinajstić information content (AvgIpc) is 2.09. The number of hydrogen-bond donors (Lipinski definition) is 1. The lowest BCUT2D eigenvalue weighted by Gasteiger charge is -2.01. The molecule has 0 radical (unpaired) electrons. The monoisotopic (exact) mass is 183 g/mol. The van der Waals surface area contributed by atoms with E-state index in [0.29, 0.717) is 17.2 Å². The summed E-state index contributed by atoms with van der Waals surface area (Å²) in [5.74, 6) is 0. The molecule has 0 heterocycles. The number of nitrogens with zero attached hydrogens (tertiary/aromatic N) is 1. The zero-order valence-electron chi connectivity index (χ0n) is 6.79. The topological polar surface area (TPSA) is 32.6 Å². The van der Waals surface area contributed by atoms with Gasteiger partial charge in [-0.1, -0.05) is 35.0 Å². The summed E-state index contributed by atoms with van der Waals surface area (Å²) in [7, 11) is 0. The number of benzene rings is 1.